The van der Waals surface area contributed by atoms with E-state index in [1.165, 1.54) is 0 Å². The van der Waals surface area contributed by atoms with Crippen molar-refractivity contribution in [3.63, 3.8) is 0 Å². The molecule has 1 aliphatic rings. The van der Waals surface area contributed by atoms with Gasteiger partial charge in [-0.05, 0) is 6.92 Å². The van der Waals surface area contributed by atoms with E-state index < -0.39 is 0 Å². The maximum Gasteiger partial charge on any atom is 0.134 e. The van der Waals surface area contributed by atoms with Gasteiger partial charge in [0, 0.05) is 19.2 Å². The molecule has 84 valence electrons. The Kier molecular flexibility index (Phi) is 3.71. The first-order valence-electron chi connectivity index (χ1n) is 5.17. The number of aryl methyl sites for hydroxylation is 1. The summed E-state index contributed by atoms with van der Waals surface area (Å²) < 4.78 is 15.9. The lowest BCUT2D eigenvalue weighted by Crippen LogP contribution is -2.40. The quantitative estimate of drug-likeness (QED) is 0.787. The standard InChI is InChI=1S/C10H16N2O3/c1-8-4-9(12-15-8)6-13-7-10-5-11-2-3-14-10/h4,10-11H,2-3,5-7H2,1H3. The molecule has 1 fully saturated rings. The number of nitrogens with one attached hydrogen (secondary N) is 1. The molecule has 0 bridgehead atoms. The van der Waals surface area contributed by atoms with E-state index in [0.29, 0.717) is 13.2 Å². The highest BCUT2D eigenvalue weighted by molar-refractivity contribution is 5.01. The number of ether oxygens (including phenoxy) is 2. The molecule has 15 heavy (non-hydrogen) atoms. The molecule has 1 atom stereocenters. The van der Waals surface area contributed by atoms with Gasteiger partial charge in [0.25, 0.3) is 0 Å². The molecule has 0 spiro atoms. The number of nitrogens with zero attached hydrogens (tertiary/aromatic N) is 1. The molecule has 5 heteroatoms. The lowest BCUT2D eigenvalue weighted by atomic mass is 10.3. The SMILES string of the molecule is Cc1cc(COCC2CNCCO2)no1. The van der Waals surface area contributed by atoms with Crippen molar-refractivity contribution < 1.29 is 14.0 Å². The zero-order valence-corrected chi connectivity index (χ0v) is 8.86. The summed E-state index contributed by atoms with van der Waals surface area (Å²) >= 11 is 0. The second kappa shape index (κ2) is 5.25. The van der Waals surface area contributed by atoms with Crippen molar-refractivity contribution in [2.75, 3.05) is 26.3 Å². The van der Waals surface area contributed by atoms with Gasteiger partial charge in [0.05, 0.1) is 25.9 Å². The summed E-state index contributed by atoms with van der Waals surface area (Å²) in [6.45, 7) is 5.49. The normalized spacial score (nSPS) is 21.8. The van der Waals surface area contributed by atoms with Crippen LogP contribution in [0.5, 0.6) is 0 Å². The molecular weight excluding hydrogens is 196 g/mol. The topological polar surface area (TPSA) is 56.5 Å². The number of morpholine rings is 1. The summed E-state index contributed by atoms with van der Waals surface area (Å²) in [5.41, 5.74) is 0.830. The highest BCUT2D eigenvalue weighted by atomic mass is 16.5. The fraction of sp³-hybridized carbons (Fsp3) is 0.700. The molecule has 0 amide bonds. The van der Waals surface area contributed by atoms with Crippen molar-refractivity contribution in [2.45, 2.75) is 19.6 Å². The summed E-state index contributed by atoms with van der Waals surface area (Å²) in [6.07, 6.45) is 0.159. The summed E-state index contributed by atoms with van der Waals surface area (Å²) in [5, 5.41) is 7.09. The van der Waals surface area contributed by atoms with Crippen LogP contribution < -0.4 is 5.32 Å². The predicted octanol–water partition coefficient (Wildman–Crippen LogP) is 0.488. The molecule has 1 aromatic rings. The zero-order valence-electron chi connectivity index (χ0n) is 8.86. The van der Waals surface area contributed by atoms with Crippen molar-refractivity contribution in [1.29, 1.82) is 0 Å². The lowest BCUT2D eigenvalue weighted by Gasteiger charge is -2.23. The zero-order chi connectivity index (χ0) is 10.5. The molecule has 2 rings (SSSR count). The number of hydrogen-bond acceptors (Lipinski definition) is 5. The Morgan fingerprint density at radius 1 is 1.67 bits per heavy atom. The van der Waals surface area contributed by atoms with Crippen molar-refractivity contribution in [1.82, 2.24) is 10.5 Å². The van der Waals surface area contributed by atoms with E-state index in [9.17, 15) is 0 Å². The molecule has 1 aliphatic heterocycles. The largest absolute Gasteiger partial charge is 0.373 e. The summed E-state index contributed by atoms with van der Waals surface area (Å²) in [7, 11) is 0. The van der Waals surface area contributed by atoms with Crippen LogP contribution in [-0.4, -0.2) is 37.6 Å². The average Bonchev–Trinajstić information content (AvgIpc) is 2.66. The first-order valence-corrected chi connectivity index (χ1v) is 5.17. The molecule has 0 aliphatic carbocycles. The van der Waals surface area contributed by atoms with E-state index in [0.717, 1.165) is 31.2 Å². The number of aromatic nitrogens is 1. The summed E-state index contributed by atoms with van der Waals surface area (Å²) in [6, 6.07) is 1.87. The van der Waals surface area contributed by atoms with Gasteiger partial charge in [-0.25, -0.2) is 0 Å². The van der Waals surface area contributed by atoms with E-state index >= 15 is 0 Å². The van der Waals surface area contributed by atoms with Crippen LogP contribution in [0.2, 0.25) is 0 Å². The Morgan fingerprint density at radius 3 is 3.27 bits per heavy atom. The maximum absolute atomic E-state index is 5.49. The minimum absolute atomic E-state index is 0.159. The van der Waals surface area contributed by atoms with Crippen LogP contribution in [-0.2, 0) is 16.1 Å². The fourth-order valence-electron chi connectivity index (χ4n) is 1.51. The van der Waals surface area contributed by atoms with Crippen LogP contribution in [0.1, 0.15) is 11.5 Å². The van der Waals surface area contributed by atoms with E-state index in [1.54, 1.807) is 0 Å². The first-order chi connectivity index (χ1) is 7.34. The third-order valence-electron chi connectivity index (χ3n) is 2.23. The Bertz CT molecular complexity index is 295. The van der Waals surface area contributed by atoms with Crippen molar-refractivity contribution in [2.24, 2.45) is 0 Å². The Morgan fingerprint density at radius 2 is 2.60 bits per heavy atom. The van der Waals surface area contributed by atoms with Gasteiger partial charge in [-0.1, -0.05) is 5.16 Å². The highest BCUT2D eigenvalue weighted by Crippen LogP contribution is 2.04. The van der Waals surface area contributed by atoms with E-state index in [-0.39, 0.29) is 6.10 Å². The maximum atomic E-state index is 5.49. The molecule has 1 aromatic heterocycles. The second-order valence-electron chi connectivity index (χ2n) is 3.64. The van der Waals surface area contributed by atoms with E-state index in [1.807, 2.05) is 13.0 Å². The minimum Gasteiger partial charge on any atom is -0.373 e. The number of rotatable bonds is 4. The third-order valence-corrected chi connectivity index (χ3v) is 2.23. The smallest absolute Gasteiger partial charge is 0.134 e. The van der Waals surface area contributed by atoms with Crippen LogP contribution in [0, 0.1) is 6.92 Å². The average molecular weight is 212 g/mol. The van der Waals surface area contributed by atoms with E-state index in [4.69, 9.17) is 14.0 Å². The Labute approximate surface area is 88.7 Å². The number of hydrogen-bond donors (Lipinski definition) is 1. The fourth-order valence-corrected chi connectivity index (χ4v) is 1.51. The molecule has 0 radical (unpaired) electrons. The molecule has 2 heterocycles. The highest BCUT2D eigenvalue weighted by Gasteiger charge is 2.13. The summed E-state index contributed by atoms with van der Waals surface area (Å²) in [5.74, 6) is 0.809. The molecule has 0 saturated carbocycles. The van der Waals surface area contributed by atoms with Gasteiger partial charge in [-0.15, -0.1) is 0 Å². The van der Waals surface area contributed by atoms with Gasteiger partial charge in [0.2, 0.25) is 0 Å². The van der Waals surface area contributed by atoms with Crippen molar-refractivity contribution in [3.05, 3.63) is 17.5 Å². The van der Waals surface area contributed by atoms with Crippen LogP contribution in [0.3, 0.4) is 0 Å². The van der Waals surface area contributed by atoms with Crippen LogP contribution in [0.4, 0.5) is 0 Å². The van der Waals surface area contributed by atoms with E-state index in [2.05, 4.69) is 10.5 Å². The molecule has 5 nitrogen and oxygen atoms in total. The van der Waals surface area contributed by atoms with Crippen LogP contribution in [0.15, 0.2) is 10.6 Å². The van der Waals surface area contributed by atoms with Crippen LogP contribution >= 0.6 is 0 Å². The predicted molar refractivity (Wildman–Crippen MR) is 53.5 cm³/mol. The third kappa shape index (κ3) is 3.30. The van der Waals surface area contributed by atoms with Crippen LogP contribution in [0.25, 0.3) is 0 Å². The van der Waals surface area contributed by atoms with Crippen molar-refractivity contribution >= 4 is 0 Å². The minimum atomic E-state index is 0.159. The van der Waals surface area contributed by atoms with Gasteiger partial charge in [-0.3, -0.25) is 0 Å². The Hall–Kier alpha value is -0.910. The van der Waals surface area contributed by atoms with Gasteiger partial charge in [0.1, 0.15) is 11.5 Å². The first kappa shape index (κ1) is 10.6. The second-order valence-corrected chi connectivity index (χ2v) is 3.64. The van der Waals surface area contributed by atoms with Gasteiger partial charge < -0.3 is 19.3 Å². The monoisotopic (exact) mass is 212 g/mol. The Balaban J connectivity index is 1.65. The van der Waals surface area contributed by atoms with Gasteiger partial charge in [0.15, 0.2) is 0 Å². The van der Waals surface area contributed by atoms with Gasteiger partial charge in [-0.2, -0.15) is 0 Å². The van der Waals surface area contributed by atoms with Crippen molar-refractivity contribution in [3.8, 4) is 0 Å². The molecule has 1 N–H and O–H groups in total. The molecule has 0 aromatic carbocycles. The molecular formula is C10H16N2O3. The van der Waals surface area contributed by atoms with Gasteiger partial charge >= 0.3 is 0 Å². The molecule has 1 unspecified atom stereocenters. The lowest BCUT2D eigenvalue weighted by molar-refractivity contribution is -0.0366. The summed E-state index contributed by atoms with van der Waals surface area (Å²) in [4.78, 5) is 0. The molecule has 1 saturated heterocycles.